The fourth-order valence-corrected chi connectivity index (χ4v) is 3.74. The predicted octanol–water partition coefficient (Wildman–Crippen LogP) is 3.20. The second-order valence-electron chi connectivity index (χ2n) is 7.00. The molecule has 4 aromatic rings. The first-order valence-corrected chi connectivity index (χ1v) is 9.54. The van der Waals surface area contributed by atoms with Crippen LogP contribution in [0.15, 0.2) is 65.6 Å². The van der Waals surface area contributed by atoms with Gasteiger partial charge in [-0.15, -0.1) is 0 Å². The number of fused-ring (bicyclic) bond motifs is 1. The summed E-state index contributed by atoms with van der Waals surface area (Å²) in [5.41, 5.74) is 4.08. The van der Waals surface area contributed by atoms with E-state index < -0.39 is 0 Å². The van der Waals surface area contributed by atoms with Crippen LogP contribution in [0, 0.1) is 0 Å². The summed E-state index contributed by atoms with van der Waals surface area (Å²) in [6.45, 7) is 1.15. The van der Waals surface area contributed by atoms with Crippen molar-refractivity contribution in [1.82, 2.24) is 19.4 Å². The van der Waals surface area contributed by atoms with E-state index in [0.717, 1.165) is 34.5 Å². The molecule has 0 unspecified atom stereocenters. The van der Waals surface area contributed by atoms with E-state index in [0.29, 0.717) is 18.9 Å². The van der Waals surface area contributed by atoms with Crippen molar-refractivity contribution in [2.24, 2.45) is 0 Å². The molecule has 0 amide bonds. The molecule has 29 heavy (non-hydrogen) atoms. The third kappa shape index (κ3) is 3.09. The standard InChI is InChI=1S/C22H20N4O3/c1-28-17-9-11-25-19(13-17)21(22(24-25)15-5-3-2-4-6-15)18-7-8-20(27)26(23-18)16-10-12-29-14-16/h2-9,11,13,16H,10,12,14H2,1H3/t16-/m0/s1. The molecule has 0 radical (unpaired) electrons. The second-order valence-corrected chi connectivity index (χ2v) is 7.00. The molecular formula is C22H20N4O3. The lowest BCUT2D eigenvalue weighted by atomic mass is 10.0. The Morgan fingerprint density at radius 2 is 1.97 bits per heavy atom. The number of rotatable bonds is 4. The van der Waals surface area contributed by atoms with Gasteiger partial charge >= 0.3 is 0 Å². The molecule has 0 aliphatic carbocycles. The number of methoxy groups -OCH3 is 1. The number of ether oxygens (including phenoxy) is 2. The van der Waals surface area contributed by atoms with Crippen molar-refractivity contribution in [3.05, 3.63) is 71.1 Å². The third-order valence-corrected chi connectivity index (χ3v) is 5.22. The Morgan fingerprint density at radius 3 is 2.72 bits per heavy atom. The first-order chi connectivity index (χ1) is 14.2. The van der Waals surface area contributed by atoms with Crippen molar-refractivity contribution in [1.29, 1.82) is 0 Å². The molecule has 1 aromatic carbocycles. The predicted molar refractivity (Wildman–Crippen MR) is 109 cm³/mol. The Bertz CT molecular complexity index is 1220. The molecule has 7 heteroatoms. The van der Waals surface area contributed by atoms with E-state index in [1.807, 2.05) is 53.2 Å². The molecule has 1 saturated heterocycles. The molecule has 1 fully saturated rings. The van der Waals surface area contributed by atoms with Gasteiger partial charge in [0.15, 0.2) is 0 Å². The van der Waals surface area contributed by atoms with Crippen LogP contribution in [0.25, 0.3) is 28.0 Å². The van der Waals surface area contributed by atoms with Crippen molar-refractivity contribution >= 4 is 5.52 Å². The number of hydrogen-bond acceptors (Lipinski definition) is 5. The molecule has 5 rings (SSSR count). The summed E-state index contributed by atoms with van der Waals surface area (Å²) < 4.78 is 14.2. The van der Waals surface area contributed by atoms with Crippen LogP contribution in [0.1, 0.15) is 12.5 Å². The molecule has 0 bridgehead atoms. The first-order valence-electron chi connectivity index (χ1n) is 9.54. The van der Waals surface area contributed by atoms with Gasteiger partial charge in [-0.25, -0.2) is 9.20 Å². The summed E-state index contributed by atoms with van der Waals surface area (Å²) in [5.74, 6) is 0.732. The van der Waals surface area contributed by atoms with Gasteiger partial charge in [-0.05, 0) is 18.6 Å². The van der Waals surface area contributed by atoms with Crippen molar-refractivity contribution in [3.8, 4) is 28.3 Å². The van der Waals surface area contributed by atoms with Gasteiger partial charge < -0.3 is 9.47 Å². The summed E-state index contributed by atoms with van der Waals surface area (Å²) in [4.78, 5) is 12.5. The smallest absolute Gasteiger partial charge is 0.267 e. The second kappa shape index (κ2) is 7.18. The zero-order valence-corrected chi connectivity index (χ0v) is 16.0. The van der Waals surface area contributed by atoms with Crippen LogP contribution in [-0.2, 0) is 4.74 Å². The maximum atomic E-state index is 12.5. The average molecular weight is 388 g/mol. The van der Waals surface area contributed by atoms with E-state index in [4.69, 9.17) is 19.7 Å². The molecule has 146 valence electrons. The molecule has 4 heterocycles. The number of hydrogen-bond donors (Lipinski definition) is 0. The molecule has 7 nitrogen and oxygen atoms in total. The van der Waals surface area contributed by atoms with E-state index in [1.165, 1.54) is 0 Å². The van der Waals surface area contributed by atoms with Crippen molar-refractivity contribution in [2.45, 2.75) is 12.5 Å². The van der Waals surface area contributed by atoms with Gasteiger partial charge in [-0.3, -0.25) is 4.79 Å². The molecular weight excluding hydrogens is 368 g/mol. The maximum Gasteiger partial charge on any atom is 0.267 e. The zero-order chi connectivity index (χ0) is 19.8. The maximum absolute atomic E-state index is 12.5. The topological polar surface area (TPSA) is 70.7 Å². The molecule has 1 aliphatic heterocycles. The summed E-state index contributed by atoms with van der Waals surface area (Å²) in [5, 5.41) is 9.51. The summed E-state index contributed by atoms with van der Waals surface area (Å²) in [6, 6.07) is 17.1. The van der Waals surface area contributed by atoms with Gasteiger partial charge in [0.05, 0.1) is 36.5 Å². The van der Waals surface area contributed by atoms with Gasteiger partial charge in [-0.2, -0.15) is 10.2 Å². The highest BCUT2D eigenvalue weighted by Crippen LogP contribution is 2.35. The SMILES string of the molecule is COc1ccn2nc(-c3ccccc3)c(-c3ccc(=O)n([C@H]4CCOC4)n3)c2c1. The van der Waals surface area contributed by atoms with E-state index in [2.05, 4.69) is 0 Å². The van der Waals surface area contributed by atoms with Crippen molar-refractivity contribution < 1.29 is 9.47 Å². The van der Waals surface area contributed by atoms with Crippen LogP contribution in [0.4, 0.5) is 0 Å². The van der Waals surface area contributed by atoms with Gasteiger partial charge in [0, 0.05) is 30.5 Å². The van der Waals surface area contributed by atoms with Crippen molar-refractivity contribution in [3.63, 3.8) is 0 Å². The Kier molecular flexibility index (Phi) is 4.37. The number of nitrogens with zero attached hydrogens (tertiary/aromatic N) is 4. The fourth-order valence-electron chi connectivity index (χ4n) is 3.74. The number of benzene rings is 1. The van der Waals surface area contributed by atoms with Gasteiger partial charge in [0.1, 0.15) is 11.4 Å². The fraction of sp³-hybridized carbons (Fsp3) is 0.227. The van der Waals surface area contributed by atoms with Crippen LogP contribution < -0.4 is 10.3 Å². The highest BCUT2D eigenvalue weighted by Gasteiger charge is 2.23. The molecule has 1 atom stereocenters. The Hall–Kier alpha value is -3.45. The Morgan fingerprint density at radius 1 is 1.10 bits per heavy atom. The van der Waals surface area contributed by atoms with Gasteiger partial charge in [0.25, 0.3) is 5.56 Å². The van der Waals surface area contributed by atoms with Crippen molar-refractivity contribution in [2.75, 3.05) is 20.3 Å². The molecule has 3 aromatic heterocycles. The monoisotopic (exact) mass is 388 g/mol. The van der Waals surface area contributed by atoms with E-state index in [1.54, 1.807) is 23.9 Å². The lowest BCUT2D eigenvalue weighted by Gasteiger charge is -2.12. The van der Waals surface area contributed by atoms with E-state index >= 15 is 0 Å². The zero-order valence-electron chi connectivity index (χ0n) is 16.0. The van der Waals surface area contributed by atoms with Crippen LogP contribution in [0.2, 0.25) is 0 Å². The lowest BCUT2D eigenvalue weighted by molar-refractivity contribution is 0.183. The van der Waals surface area contributed by atoms with Gasteiger partial charge in [-0.1, -0.05) is 30.3 Å². The van der Waals surface area contributed by atoms with Gasteiger partial charge in [0.2, 0.25) is 0 Å². The normalized spacial score (nSPS) is 16.4. The minimum absolute atomic E-state index is 0.0426. The molecule has 0 N–H and O–H groups in total. The van der Waals surface area contributed by atoms with Crippen LogP contribution in [0.5, 0.6) is 5.75 Å². The first kappa shape index (κ1) is 17.6. The summed E-state index contributed by atoms with van der Waals surface area (Å²) in [6.07, 6.45) is 2.65. The highest BCUT2D eigenvalue weighted by molar-refractivity contribution is 5.91. The van der Waals surface area contributed by atoms with Crippen LogP contribution >= 0.6 is 0 Å². The van der Waals surface area contributed by atoms with E-state index in [9.17, 15) is 4.79 Å². The number of aromatic nitrogens is 4. The highest BCUT2D eigenvalue weighted by atomic mass is 16.5. The Labute approximate surface area is 167 Å². The minimum atomic E-state index is -0.125. The quantitative estimate of drug-likeness (QED) is 0.537. The Balaban J connectivity index is 1.77. The van der Waals surface area contributed by atoms with Crippen LogP contribution in [-0.4, -0.2) is 39.7 Å². The molecule has 1 aliphatic rings. The van der Waals surface area contributed by atoms with E-state index in [-0.39, 0.29) is 11.6 Å². The number of pyridine rings is 1. The largest absolute Gasteiger partial charge is 0.497 e. The van der Waals surface area contributed by atoms with Crippen LogP contribution in [0.3, 0.4) is 0 Å². The lowest BCUT2D eigenvalue weighted by Crippen LogP contribution is -2.27. The summed E-state index contributed by atoms with van der Waals surface area (Å²) in [7, 11) is 1.64. The molecule has 0 spiro atoms. The summed E-state index contributed by atoms with van der Waals surface area (Å²) >= 11 is 0. The minimum Gasteiger partial charge on any atom is -0.497 e. The molecule has 0 saturated carbocycles. The third-order valence-electron chi connectivity index (χ3n) is 5.22. The average Bonchev–Trinajstić information content (AvgIpc) is 3.42.